The van der Waals surface area contributed by atoms with Crippen molar-refractivity contribution < 1.29 is 18.7 Å². The summed E-state index contributed by atoms with van der Waals surface area (Å²) in [6.07, 6.45) is 0. The van der Waals surface area contributed by atoms with Crippen LogP contribution in [0.3, 0.4) is 0 Å². The molecular formula is C13H18FNO3. The zero-order valence-electron chi connectivity index (χ0n) is 11.0. The maximum absolute atomic E-state index is 13.1. The summed E-state index contributed by atoms with van der Waals surface area (Å²) in [5.74, 6) is -0.528. The minimum Gasteiger partial charge on any atom is -0.496 e. The molecule has 0 aliphatic heterocycles. The molecule has 0 aliphatic carbocycles. The second-order valence-electron chi connectivity index (χ2n) is 4.58. The van der Waals surface area contributed by atoms with Crippen LogP contribution in [0.5, 0.6) is 5.75 Å². The number of hydrogen-bond acceptors (Lipinski definition) is 4. The van der Waals surface area contributed by atoms with Crippen molar-refractivity contribution in [3.8, 4) is 5.75 Å². The lowest BCUT2D eigenvalue weighted by Crippen LogP contribution is -2.37. The molecule has 2 N–H and O–H groups in total. The van der Waals surface area contributed by atoms with E-state index in [0.717, 1.165) is 0 Å². The summed E-state index contributed by atoms with van der Waals surface area (Å²) in [4.78, 5) is 11.7. The second kappa shape index (κ2) is 5.35. The van der Waals surface area contributed by atoms with Gasteiger partial charge in [0.15, 0.2) is 0 Å². The van der Waals surface area contributed by atoms with Gasteiger partial charge in [-0.05, 0) is 19.9 Å². The number of benzene rings is 1. The highest BCUT2D eigenvalue weighted by atomic mass is 19.1. The molecular weight excluding hydrogens is 237 g/mol. The molecule has 0 fully saturated rings. The van der Waals surface area contributed by atoms with Gasteiger partial charge in [-0.3, -0.25) is 4.79 Å². The van der Waals surface area contributed by atoms with Crippen molar-refractivity contribution in [2.24, 2.45) is 11.1 Å². The van der Waals surface area contributed by atoms with Gasteiger partial charge in [0, 0.05) is 17.7 Å². The minimum absolute atomic E-state index is 0.319. The molecule has 0 unspecified atom stereocenters. The number of rotatable bonds is 4. The maximum atomic E-state index is 13.1. The smallest absolute Gasteiger partial charge is 0.313 e. The lowest BCUT2D eigenvalue weighted by atomic mass is 9.80. The topological polar surface area (TPSA) is 61.5 Å². The normalized spacial score (nSPS) is 13.0. The molecule has 0 amide bonds. The summed E-state index contributed by atoms with van der Waals surface area (Å²) in [5, 5.41) is 0. The third-order valence-corrected chi connectivity index (χ3v) is 3.02. The first-order chi connectivity index (χ1) is 8.34. The molecule has 0 radical (unpaired) electrons. The Bertz CT molecular complexity index is 446. The fraction of sp³-hybridized carbons (Fsp3) is 0.462. The molecule has 0 spiro atoms. The molecule has 1 aromatic carbocycles. The van der Waals surface area contributed by atoms with E-state index in [9.17, 15) is 9.18 Å². The molecule has 100 valence electrons. The van der Waals surface area contributed by atoms with E-state index in [0.29, 0.717) is 11.3 Å². The number of ether oxygens (including phenoxy) is 2. The molecule has 0 aromatic heterocycles. The van der Waals surface area contributed by atoms with Crippen molar-refractivity contribution in [2.75, 3.05) is 14.2 Å². The van der Waals surface area contributed by atoms with Crippen molar-refractivity contribution >= 4 is 5.97 Å². The maximum Gasteiger partial charge on any atom is 0.313 e. The second-order valence-corrected chi connectivity index (χ2v) is 4.58. The molecule has 4 nitrogen and oxygen atoms in total. The Balaban J connectivity index is 3.18. The molecule has 18 heavy (non-hydrogen) atoms. The van der Waals surface area contributed by atoms with Crippen LogP contribution in [0.2, 0.25) is 0 Å². The van der Waals surface area contributed by atoms with Crippen LogP contribution >= 0.6 is 0 Å². The van der Waals surface area contributed by atoms with E-state index < -0.39 is 23.2 Å². The Morgan fingerprint density at radius 1 is 1.39 bits per heavy atom. The molecule has 0 saturated carbocycles. The first kappa shape index (κ1) is 14.4. The fourth-order valence-electron chi connectivity index (χ4n) is 1.72. The average Bonchev–Trinajstić information content (AvgIpc) is 2.36. The first-order valence-electron chi connectivity index (χ1n) is 5.52. The van der Waals surface area contributed by atoms with Crippen LogP contribution in [-0.4, -0.2) is 20.2 Å². The van der Waals surface area contributed by atoms with Crippen molar-refractivity contribution in [3.63, 3.8) is 0 Å². The van der Waals surface area contributed by atoms with Gasteiger partial charge in [-0.15, -0.1) is 0 Å². The first-order valence-corrected chi connectivity index (χ1v) is 5.52. The largest absolute Gasteiger partial charge is 0.496 e. The lowest BCUT2D eigenvalue weighted by Gasteiger charge is -2.29. The van der Waals surface area contributed by atoms with Gasteiger partial charge < -0.3 is 15.2 Å². The number of methoxy groups -OCH3 is 2. The van der Waals surface area contributed by atoms with Gasteiger partial charge in [0.05, 0.1) is 19.6 Å². The zero-order chi connectivity index (χ0) is 13.9. The number of carbonyl (C=O) groups is 1. The van der Waals surface area contributed by atoms with Gasteiger partial charge in [0.25, 0.3) is 0 Å². The third kappa shape index (κ3) is 2.61. The van der Waals surface area contributed by atoms with E-state index in [1.54, 1.807) is 13.8 Å². The van der Waals surface area contributed by atoms with Crippen LogP contribution in [-0.2, 0) is 9.53 Å². The van der Waals surface area contributed by atoms with E-state index in [4.69, 9.17) is 15.2 Å². The molecule has 1 aromatic rings. The van der Waals surface area contributed by atoms with E-state index in [1.807, 2.05) is 0 Å². The molecule has 1 atom stereocenters. The molecule has 5 heteroatoms. The van der Waals surface area contributed by atoms with Gasteiger partial charge in [-0.2, -0.15) is 0 Å². The van der Waals surface area contributed by atoms with Crippen molar-refractivity contribution in [2.45, 2.75) is 19.9 Å². The van der Waals surface area contributed by atoms with Crippen LogP contribution in [0, 0.1) is 11.2 Å². The summed E-state index contributed by atoms with van der Waals surface area (Å²) >= 11 is 0. The minimum atomic E-state index is -0.931. The number of esters is 1. The van der Waals surface area contributed by atoms with E-state index >= 15 is 0 Å². The molecule has 0 aliphatic rings. The summed E-state index contributed by atoms with van der Waals surface area (Å²) in [5.41, 5.74) is 5.71. The summed E-state index contributed by atoms with van der Waals surface area (Å²) in [6.45, 7) is 3.35. The number of nitrogens with two attached hydrogens (primary N) is 1. The Hall–Kier alpha value is -1.62. The van der Waals surface area contributed by atoms with Gasteiger partial charge in [-0.25, -0.2) is 4.39 Å². The number of halogens is 1. The third-order valence-electron chi connectivity index (χ3n) is 3.02. The summed E-state index contributed by atoms with van der Waals surface area (Å²) in [7, 11) is 2.73. The molecule has 1 rings (SSSR count). The van der Waals surface area contributed by atoms with Gasteiger partial charge in [0.1, 0.15) is 11.6 Å². The molecule has 0 bridgehead atoms. The predicted octanol–water partition coefficient (Wildman–Crippen LogP) is 2.03. The van der Waals surface area contributed by atoms with Crippen LogP contribution < -0.4 is 10.5 Å². The number of carbonyl (C=O) groups excluding carboxylic acids is 1. The Labute approximate surface area is 106 Å². The summed E-state index contributed by atoms with van der Waals surface area (Å²) < 4.78 is 22.9. The van der Waals surface area contributed by atoms with Gasteiger partial charge in [0.2, 0.25) is 0 Å². The van der Waals surface area contributed by atoms with E-state index in [-0.39, 0.29) is 0 Å². The summed E-state index contributed by atoms with van der Waals surface area (Å²) in [6, 6.07) is 3.39. The molecule has 0 heterocycles. The monoisotopic (exact) mass is 255 g/mol. The highest BCUT2D eigenvalue weighted by molar-refractivity contribution is 5.77. The quantitative estimate of drug-likeness (QED) is 0.836. The SMILES string of the molecule is COC(=O)C(C)(C)[C@H](N)c1ccc(F)cc1OC. The lowest BCUT2D eigenvalue weighted by molar-refractivity contribution is -0.152. The van der Waals surface area contributed by atoms with Crippen LogP contribution in [0.1, 0.15) is 25.5 Å². The van der Waals surface area contributed by atoms with Crippen LogP contribution in [0.25, 0.3) is 0 Å². The average molecular weight is 255 g/mol. The molecule has 0 saturated heterocycles. The van der Waals surface area contributed by atoms with Gasteiger partial charge in [-0.1, -0.05) is 6.07 Å². The van der Waals surface area contributed by atoms with E-state index in [1.165, 1.54) is 32.4 Å². The Morgan fingerprint density at radius 3 is 2.50 bits per heavy atom. The predicted molar refractivity (Wildman–Crippen MR) is 65.7 cm³/mol. The van der Waals surface area contributed by atoms with E-state index in [2.05, 4.69) is 0 Å². The Morgan fingerprint density at radius 2 is 2.00 bits per heavy atom. The highest BCUT2D eigenvalue weighted by Crippen LogP contribution is 2.37. The Kier molecular flexibility index (Phi) is 4.29. The van der Waals surface area contributed by atoms with Crippen molar-refractivity contribution in [1.29, 1.82) is 0 Å². The zero-order valence-corrected chi connectivity index (χ0v) is 11.0. The van der Waals surface area contributed by atoms with Crippen molar-refractivity contribution in [3.05, 3.63) is 29.6 Å². The fourth-order valence-corrected chi connectivity index (χ4v) is 1.72. The van der Waals surface area contributed by atoms with Crippen LogP contribution in [0.4, 0.5) is 4.39 Å². The van der Waals surface area contributed by atoms with Crippen LogP contribution in [0.15, 0.2) is 18.2 Å². The standard InChI is InChI=1S/C13H18FNO3/c1-13(2,12(16)18-4)11(15)9-6-5-8(14)7-10(9)17-3/h5-7,11H,15H2,1-4H3/t11-/m1/s1. The van der Waals surface area contributed by atoms with Gasteiger partial charge >= 0.3 is 5.97 Å². The highest BCUT2D eigenvalue weighted by Gasteiger charge is 2.37. The number of hydrogen-bond donors (Lipinski definition) is 1. The van der Waals surface area contributed by atoms with Crippen molar-refractivity contribution in [1.82, 2.24) is 0 Å².